The van der Waals surface area contributed by atoms with Gasteiger partial charge < -0.3 is 30.2 Å². The van der Waals surface area contributed by atoms with Gasteiger partial charge in [-0.2, -0.15) is 0 Å². The van der Waals surface area contributed by atoms with E-state index in [1.54, 1.807) is 20.8 Å². The Morgan fingerprint density at radius 2 is 1.82 bits per heavy atom. The highest BCUT2D eigenvalue weighted by Crippen LogP contribution is 2.70. The number of carbonyl (C=O) groups excluding carboxylic acids is 4. The number of ketones is 2. The van der Waals surface area contributed by atoms with E-state index in [1.165, 1.54) is 18.2 Å². The second-order valence-corrected chi connectivity index (χ2v) is 13.0. The highest BCUT2D eigenvalue weighted by molar-refractivity contribution is 6.01. The number of rotatable bonds is 12. The van der Waals surface area contributed by atoms with Crippen LogP contribution in [-0.4, -0.2) is 99.6 Å². The Kier molecular flexibility index (Phi) is 10.2. The van der Waals surface area contributed by atoms with E-state index < -0.39 is 88.5 Å². The minimum absolute atomic E-state index is 0.0333. The van der Waals surface area contributed by atoms with Gasteiger partial charge >= 0.3 is 12.1 Å². The molecule has 0 spiro atoms. The zero-order valence-corrected chi connectivity index (χ0v) is 25.6. The first-order valence-corrected chi connectivity index (χ1v) is 15.1. The smallest absolute Gasteiger partial charge is 0.464 e. The Morgan fingerprint density at radius 1 is 1.13 bits per heavy atom. The molecule has 0 radical (unpaired) electrons. The molecule has 0 aromatic rings. The molecule has 3 saturated carbocycles. The van der Waals surface area contributed by atoms with Crippen LogP contribution >= 0.6 is 0 Å². The summed E-state index contributed by atoms with van der Waals surface area (Å²) in [5, 5.41) is 39.8. The highest BCUT2D eigenvalue weighted by Gasteiger charge is 2.75. The zero-order valence-electron chi connectivity index (χ0n) is 25.6. The van der Waals surface area contributed by atoms with Gasteiger partial charge in [0.2, 0.25) is 5.78 Å². The van der Waals surface area contributed by atoms with Gasteiger partial charge in [0.1, 0.15) is 18.2 Å². The first kappa shape index (κ1) is 35.1. The molecule has 45 heavy (non-hydrogen) atoms. The summed E-state index contributed by atoms with van der Waals surface area (Å²) < 4.78 is 32.0. The first-order chi connectivity index (χ1) is 21.0. The number of carbonyl (C=O) groups is 4. The molecule has 0 aromatic heterocycles. The number of nitrogens with two attached hydrogens (primary N) is 1. The fourth-order valence-corrected chi connectivity index (χ4v) is 8.27. The van der Waals surface area contributed by atoms with Gasteiger partial charge in [-0.1, -0.05) is 25.5 Å². The van der Waals surface area contributed by atoms with E-state index in [0.717, 1.165) is 0 Å². The van der Waals surface area contributed by atoms with Gasteiger partial charge in [0, 0.05) is 16.7 Å². The van der Waals surface area contributed by atoms with E-state index >= 15 is 4.39 Å². The van der Waals surface area contributed by atoms with Crippen LogP contribution < -0.4 is 5.73 Å². The Morgan fingerprint density at radius 3 is 2.51 bits per heavy atom. The van der Waals surface area contributed by atoms with Gasteiger partial charge in [-0.3, -0.25) is 29.6 Å². The summed E-state index contributed by atoms with van der Waals surface area (Å²) in [6.45, 7) is 3.47. The monoisotopic (exact) mass is 642 g/mol. The van der Waals surface area contributed by atoms with Crippen LogP contribution in [0.15, 0.2) is 23.8 Å². The SMILES string of the molecule is C[C@H]1C[C@H]2[C@@H]3CCC4=CC(=O)C=C[C@]4(C)[C@@]3(F)[C@@H](O)C[C@]2(C)[C@@]1(O)C(=O)COC(=O)OCC(N)C(=O)OCCCCON(O)O. The summed E-state index contributed by atoms with van der Waals surface area (Å²) in [4.78, 5) is 54.2. The van der Waals surface area contributed by atoms with E-state index in [-0.39, 0.29) is 25.4 Å². The lowest BCUT2D eigenvalue weighted by molar-refractivity contribution is -0.492. The standard InChI is InChI=1S/C30H43FN2O12/c1-17-12-21-20-7-6-18-13-19(34)8-9-27(18,2)29(20,31)23(35)14-28(21,3)30(17,39)24(36)16-44-26(38)43-15-22(32)25(37)42-10-4-5-11-45-33(40)41/h8-9,13,17,20-23,35,39-41H,4-7,10-12,14-16,32H2,1-3H3/t17-,20-,21-,22?,23-,27-,28-,29-,30-/m0/s1. The molecule has 0 saturated heterocycles. The third-order valence-corrected chi connectivity index (χ3v) is 10.6. The molecule has 0 amide bonds. The number of aliphatic hydroxyl groups is 2. The predicted molar refractivity (Wildman–Crippen MR) is 150 cm³/mol. The number of nitrogens with zero attached hydrogens (tertiary/aromatic N) is 1. The third-order valence-electron chi connectivity index (χ3n) is 10.6. The Labute approximate surface area is 259 Å². The molecule has 0 aromatic carbocycles. The summed E-state index contributed by atoms with van der Waals surface area (Å²) in [6, 6.07) is -1.34. The van der Waals surface area contributed by atoms with Crippen molar-refractivity contribution in [2.24, 2.45) is 34.3 Å². The Bertz CT molecular complexity index is 1240. The number of hydrogen-bond acceptors (Lipinski definition) is 14. The van der Waals surface area contributed by atoms with Crippen molar-refractivity contribution in [1.82, 2.24) is 5.39 Å². The van der Waals surface area contributed by atoms with Gasteiger partial charge in [-0.25, -0.2) is 9.18 Å². The molecule has 4 aliphatic carbocycles. The Balaban J connectivity index is 1.34. The molecule has 0 heterocycles. The largest absolute Gasteiger partial charge is 0.508 e. The number of ether oxygens (including phenoxy) is 3. The van der Waals surface area contributed by atoms with Gasteiger partial charge in [-0.05, 0) is 69.4 Å². The number of allylic oxidation sites excluding steroid dienone is 4. The number of hydrogen-bond donors (Lipinski definition) is 5. The summed E-state index contributed by atoms with van der Waals surface area (Å²) in [5.74, 6) is -3.76. The van der Waals surface area contributed by atoms with Crippen LogP contribution in [0.5, 0.6) is 0 Å². The van der Waals surface area contributed by atoms with Crippen LogP contribution in [0.4, 0.5) is 9.18 Å². The molecule has 9 atom stereocenters. The maximum Gasteiger partial charge on any atom is 0.508 e. The lowest BCUT2D eigenvalue weighted by Gasteiger charge is -2.62. The van der Waals surface area contributed by atoms with Crippen molar-refractivity contribution in [3.05, 3.63) is 23.8 Å². The number of alkyl halides is 1. The van der Waals surface area contributed by atoms with Crippen LogP contribution in [0.2, 0.25) is 0 Å². The molecule has 1 unspecified atom stereocenters. The molecule has 4 rings (SSSR count). The Hall–Kier alpha value is -2.79. The molecule has 0 bridgehead atoms. The maximum atomic E-state index is 17.3. The maximum absolute atomic E-state index is 17.3. The normalized spacial score (nSPS) is 37.6. The second-order valence-electron chi connectivity index (χ2n) is 13.0. The lowest BCUT2D eigenvalue weighted by Crippen LogP contribution is -2.69. The quantitative estimate of drug-likeness (QED) is 0.116. The fraction of sp³-hybridized carbons (Fsp3) is 0.733. The molecule has 4 aliphatic rings. The number of halogens is 1. The van der Waals surface area contributed by atoms with Crippen molar-refractivity contribution in [2.45, 2.75) is 82.7 Å². The number of esters is 1. The minimum Gasteiger partial charge on any atom is -0.464 e. The van der Waals surface area contributed by atoms with Gasteiger partial charge in [0.05, 0.1) is 24.7 Å². The third kappa shape index (κ3) is 6.06. The van der Waals surface area contributed by atoms with Crippen molar-refractivity contribution >= 4 is 23.7 Å². The summed E-state index contributed by atoms with van der Waals surface area (Å²) in [5.41, 5.74) is -0.323. The van der Waals surface area contributed by atoms with Crippen LogP contribution in [0.3, 0.4) is 0 Å². The van der Waals surface area contributed by atoms with Crippen molar-refractivity contribution < 1.29 is 63.2 Å². The summed E-state index contributed by atoms with van der Waals surface area (Å²) in [6.07, 6.45) is 2.96. The van der Waals surface area contributed by atoms with E-state index in [0.29, 0.717) is 37.7 Å². The van der Waals surface area contributed by atoms with Crippen molar-refractivity contribution in [2.75, 3.05) is 26.4 Å². The number of fused-ring (bicyclic) bond motifs is 5. The molecule has 3 fully saturated rings. The first-order valence-electron chi connectivity index (χ1n) is 15.1. The molecule has 15 heteroatoms. The van der Waals surface area contributed by atoms with Crippen molar-refractivity contribution in [3.8, 4) is 0 Å². The lowest BCUT2D eigenvalue weighted by atomic mass is 9.44. The summed E-state index contributed by atoms with van der Waals surface area (Å²) >= 11 is 0. The van der Waals surface area contributed by atoms with Gasteiger partial charge in [-0.15, -0.1) is 0 Å². The fourth-order valence-electron chi connectivity index (χ4n) is 8.27. The topological polar surface area (TPSA) is 215 Å². The van der Waals surface area contributed by atoms with E-state index in [4.69, 9.17) is 30.4 Å². The molecule has 6 N–H and O–H groups in total. The number of aliphatic hydroxyl groups excluding tert-OH is 1. The average Bonchev–Trinajstić information content (AvgIpc) is 3.18. The van der Waals surface area contributed by atoms with E-state index in [1.807, 2.05) is 0 Å². The van der Waals surface area contributed by atoms with E-state index in [2.05, 4.69) is 4.84 Å². The van der Waals surface area contributed by atoms with Crippen LogP contribution in [0.25, 0.3) is 0 Å². The summed E-state index contributed by atoms with van der Waals surface area (Å²) in [7, 11) is 0. The molecular weight excluding hydrogens is 599 g/mol. The number of unbranched alkanes of at least 4 members (excludes halogenated alkanes) is 1. The van der Waals surface area contributed by atoms with Gasteiger partial charge in [0.25, 0.3) is 0 Å². The van der Waals surface area contributed by atoms with Crippen molar-refractivity contribution in [1.29, 1.82) is 0 Å². The van der Waals surface area contributed by atoms with Crippen molar-refractivity contribution in [3.63, 3.8) is 0 Å². The predicted octanol–water partition coefficient (Wildman–Crippen LogP) is 1.72. The molecule has 14 nitrogen and oxygen atoms in total. The van der Waals surface area contributed by atoms with Crippen LogP contribution in [0.1, 0.15) is 59.3 Å². The minimum atomic E-state index is -2.12. The zero-order chi connectivity index (χ0) is 33.4. The second kappa shape index (κ2) is 13.1. The molecular formula is C30H43FN2O12. The molecule has 252 valence electrons. The van der Waals surface area contributed by atoms with Crippen LogP contribution in [0, 0.1) is 28.6 Å². The van der Waals surface area contributed by atoms with E-state index in [9.17, 15) is 29.4 Å². The number of Topliss-reactive ketones (excluding diaryl/α,β-unsaturated/α-hetero) is 1. The molecule has 0 aliphatic heterocycles. The highest BCUT2D eigenvalue weighted by atomic mass is 19.1. The van der Waals surface area contributed by atoms with Gasteiger partial charge in [0.15, 0.2) is 18.1 Å². The van der Waals surface area contributed by atoms with Crippen LogP contribution in [-0.2, 0) is 33.4 Å². The average molecular weight is 643 g/mol.